The van der Waals surface area contributed by atoms with Gasteiger partial charge < -0.3 is 10.6 Å². The fourth-order valence-corrected chi connectivity index (χ4v) is 3.33. The average Bonchev–Trinajstić information content (AvgIpc) is 2.67. The number of rotatable bonds is 4. The van der Waals surface area contributed by atoms with Gasteiger partial charge in [0.2, 0.25) is 5.91 Å². The van der Waals surface area contributed by atoms with Gasteiger partial charge in [-0.2, -0.15) is 0 Å². The maximum Gasteiger partial charge on any atom is 0.220 e. The fourth-order valence-electron chi connectivity index (χ4n) is 3.33. The van der Waals surface area contributed by atoms with E-state index >= 15 is 0 Å². The van der Waals surface area contributed by atoms with Crippen molar-refractivity contribution in [2.45, 2.75) is 77.3 Å². The molecular formula is C15H28N2O. The first-order chi connectivity index (χ1) is 8.55. The Balaban J connectivity index is 1.63. The zero-order valence-corrected chi connectivity index (χ0v) is 11.9. The van der Waals surface area contributed by atoms with E-state index in [1.165, 1.54) is 25.7 Å². The first-order valence-corrected chi connectivity index (χ1v) is 7.58. The second-order valence-corrected chi connectivity index (χ2v) is 6.86. The third-order valence-corrected chi connectivity index (χ3v) is 4.47. The molecule has 1 amide bonds. The molecule has 0 aromatic heterocycles. The second-order valence-electron chi connectivity index (χ2n) is 6.86. The standard InChI is InChI=1S/C15H28N2O/c1-15(2)9-8-13(11-15)17-14(18)7-6-12-5-3-4-10-16-12/h12-13,16H,3-11H2,1-2H3,(H,17,18). The molecule has 2 fully saturated rings. The number of carbonyl (C=O) groups is 1. The smallest absolute Gasteiger partial charge is 0.220 e. The van der Waals surface area contributed by atoms with Gasteiger partial charge in [-0.1, -0.05) is 20.3 Å². The average molecular weight is 252 g/mol. The van der Waals surface area contributed by atoms with Crippen molar-refractivity contribution >= 4 is 5.91 Å². The van der Waals surface area contributed by atoms with Crippen molar-refractivity contribution in [1.82, 2.24) is 10.6 Å². The number of hydrogen-bond acceptors (Lipinski definition) is 2. The molecule has 0 aromatic carbocycles. The minimum Gasteiger partial charge on any atom is -0.353 e. The highest BCUT2D eigenvalue weighted by molar-refractivity contribution is 5.76. The fraction of sp³-hybridized carbons (Fsp3) is 0.933. The zero-order valence-electron chi connectivity index (χ0n) is 11.9. The Kier molecular flexibility index (Phi) is 4.66. The number of hydrogen-bond donors (Lipinski definition) is 2. The molecule has 0 aromatic rings. The van der Waals surface area contributed by atoms with Crippen LogP contribution >= 0.6 is 0 Å². The van der Waals surface area contributed by atoms with Crippen LogP contribution in [0.15, 0.2) is 0 Å². The summed E-state index contributed by atoms with van der Waals surface area (Å²) in [6.07, 6.45) is 9.07. The molecule has 3 nitrogen and oxygen atoms in total. The highest BCUT2D eigenvalue weighted by atomic mass is 16.1. The van der Waals surface area contributed by atoms with Crippen LogP contribution in [0.1, 0.15) is 65.2 Å². The lowest BCUT2D eigenvalue weighted by atomic mass is 9.92. The van der Waals surface area contributed by atoms with Gasteiger partial charge >= 0.3 is 0 Å². The molecule has 0 radical (unpaired) electrons. The highest BCUT2D eigenvalue weighted by Gasteiger charge is 2.31. The van der Waals surface area contributed by atoms with E-state index in [0.29, 0.717) is 23.9 Å². The SMILES string of the molecule is CC1(C)CCC(NC(=O)CCC2CCCCN2)C1. The molecule has 2 aliphatic rings. The van der Waals surface area contributed by atoms with Gasteiger partial charge in [-0.05, 0) is 50.5 Å². The van der Waals surface area contributed by atoms with Crippen LogP contribution in [0, 0.1) is 5.41 Å². The first kappa shape index (κ1) is 13.9. The maximum absolute atomic E-state index is 11.9. The molecule has 0 bridgehead atoms. The third kappa shape index (κ3) is 4.27. The molecule has 18 heavy (non-hydrogen) atoms. The Morgan fingerprint density at radius 3 is 2.78 bits per heavy atom. The second kappa shape index (κ2) is 6.05. The summed E-state index contributed by atoms with van der Waals surface area (Å²) in [5.74, 6) is 0.255. The van der Waals surface area contributed by atoms with E-state index in [4.69, 9.17) is 0 Å². The van der Waals surface area contributed by atoms with E-state index in [2.05, 4.69) is 24.5 Å². The molecule has 1 saturated heterocycles. The van der Waals surface area contributed by atoms with E-state index in [1.54, 1.807) is 0 Å². The predicted molar refractivity (Wildman–Crippen MR) is 74.4 cm³/mol. The number of carbonyl (C=O) groups excluding carboxylic acids is 1. The van der Waals surface area contributed by atoms with Crippen LogP contribution in [-0.2, 0) is 4.79 Å². The largest absolute Gasteiger partial charge is 0.353 e. The summed E-state index contributed by atoms with van der Waals surface area (Å²) in [7, 11) is 0. The van der Waals surface area contributed by atoms with Gasteiger partial charge in [-0.25, -0.2) is 0 Å². The zero-order chi connectivity index (χ0) is 13.0. The van der Waals surface area contributed by atoms with Crippen LogP contribution in [0.4, 0.5) is 0 Å². The molecule has 3 heteroatoms. The molecular weight excluding hydrogens is 224 g/mol. The molecule has 0 spiro atoms. The van der Waals surface area contributed by atoms with Crippen molar-refractivity contribution < 1.29 is 4.79 Å². The molecule has 104 valence electrons. The summed E-state index contributed by atoms with van der Waals surface area (Å²) in [5, 5.41) is 6.71. The van der Waals surface area contributed by atoms with Crippen molar-refractivity contribution in [2.75, 3.05) is 6.54 Å². The van der Waals surface area contributed by atoms with E-state index in [9.17, 15) is 4.79 Å². The molecule has 2 rings (SSSR count). The Morgan fingerprint density at radius 2 is 2.17 bits per heavy atom. The molecule has 1 heterocycles. The summed E-state index contributed by atoms with van der Waals surface area (Å²) in [6, 6.07) is 0.997. The van der Waals surface area contributed by atoms with Crippen LogP contribution in [0.3, 0.4) is 0 Å². The normalized spacial score (nSPS) is 31.2. The minimum absolute atomic E-state index is 0.255. The molecule has 1 saturated carbocycles. The summed E-state index contributed by atoms with van der Waals surface area (Å²) in [5.41, 5.74) is 0.420. The number of amides is 1. The van der Waals surface area contributed by atoms with Gasteiger partial charge in [-0.3, -0.25) is 4.79 Å². The van der Waals surface area contributed by atoms with Gasteiger partial charge in [0.05, 0.1) is 0 Å². The van der Waals surface area contributed by atoms with Crippen LogP contribution < -0.4 is 10.6 Å². The summed E-state index contributed by atoms with van der Waals surface area (Å²) >= 11 is 0. The van der Waals surface area contributed by atoms with Crippen LogP contribution in [-0.4, -0.2) is 24.5 Å². The lowest BCUT2D eigenvalue weighted by Crippen LogP contribution is -2.37. The number of piperidine rings is 1. The molecule has 2 atom stereocenters. The minimum atomic E-state index is 0.255. The van der Waals surface area contributed by atoms with Crippen molar-refractivity contribution in [3.8, 4) is 0 Å². The van der Waals surface area contributed by atoms with Gasteiger partial charge in [0.1, 0.15) is 0 Å². The Hall–Kier alpha value is -0.570. The lowest BCUT2D eigenvalue weighted by molar-refractivity contribution is -0.122. The van der Waals surface area contributed by atoms with Crippen molar-refractivity contribution in [3.05, 3.63) is 0 Å². The van der Waals surface area contributed by atoms with E-state index in [0.717, 1.165) is 25.8 Å². The monoisotopic (exact) mass is 252 g/mol. The van der Waals surface area contributed by atoms with Gasteiger partial charge in [0.25, 0.3) is 0 Å². The molecule has 1 aliphatic heterocycles. The van der Waals surface area contributed by atoms with Gasteiger partial charge in [0.15, 0.2) is 0 Å². The molecule has 2 N–H and O–H groups in total. The topological polar surface area (TPSA) is 41.1 Å². The van der Waals surface area contributed by atoms with Gasteiger partial charge in [-0.15, -0.1) is 0 Å². The number of nitrogens with one attached hydrogen (secondary N) is 2. The van der Waals surface area contributed by atoms with Crippen LogP contribution in [0.25, 0.3) is 0 Å². The van der Waals surface area contributed by atoms with E-state index < -0.39 is 0 Å². The third-order valence-electron chi connectivity index (χ3n) is 4.47. The Labute approximate surface area is 111 Å². The molecule has 2 unspecified atom stereocenters. The summed E-state index contributed by atoms with van der Waals surface area (Å²) in [6.45, 7) is 5.72. The predicted octanol–water partition coefficient (Wildman–Crippen LogP) is 2.60. The van der Waals surface area contributed by atoms with Crippen LogP contribution in [0.5, 0.6) is 0 Å². The van der Waals surface area contributed by atoms with E-state index in [1.807, 2.05) is 0 Å². The quantitative estimate of drug-likeness (QED) is 0.807. The van der Waals surface area contributed by atoms with Crippen molar-refractivity contribution in [2.24, 2.45) is 5.41 Å². The summed E-state index contributed by atoms with van der Waals surface area (Å²) < 4.78 is 0. The van der Waals surface area contributed by atoms with Gasteiger partial charge in [0, 0.05) is 18.5 Å². The van der Waals surface area contributed by atoms with Crippen LogP contribution in [0.2, 0.25) is 0 Å². The molecule has 1 aliphatic carbocycles. The van der Waals surface area contributed by atoms with E-state index in [-0.39, 0.29) is 5.91 Å². The highest BCUT2D eigenvalue weighted by Crippen LogP contribution is 2.36. The lowest BCUT2D eigenvalue weighted by Gasteiger charge is -2.23. The Bertz CT molecular complexity index is 282. The first-order valence-electron chi connectivity index (χ1n) is 7.58. The summed E-state index contributed by atoms with van der Waals surface area (Å²) in [4.78, 5) is 11.9. The van der Waals surface area contributed by atoms with Crippen molar-refractivity contribution in [3.63, 3.8) is 0 Å². The Morgan fingerprint density at radius 1 is 1.33 bits per heavy atom. The van der Waals surface area contributed by atoms with Crippen molar-refractivity contribution in [1.29, 1.82) is 0 Å². The maximum atomic E-state index is 11.9.